The fourth-order valence-electron chi connectivity index (χ4n) is 1.62. The molecule has 1 N–H and O–H groups in total. The van der Waals surface area contributed by atoms with E-state index in [2.05, 4.69) is 35.4 Å². The van der Waals surface area contributed by atoms with E-state index in [9.17, 15) is 0 Å². The van der Waals surface area contributed by atoms with Crippen LogP contribution in [-0.2, 0) is 12.8 Å². The van der Waals surface area contributed by atoms with Gasteiger partial charge in [0.05, 0.1) is 0 Å². The third-order valence-corrected chi connectivity index (χ3v) is 2.60. The van der Waals surface area contributed by atoms with Gasteiger partial charge in [0, 0.05) is 18.5 Å². The lowest BCUT2D eigenvalue weighted by Crippen LogP contribution is -2.07. The molecule has 72 valence electrons. The van der Waals surface area contributed by atoms with Gasteiger partial charge in [-0.05, 0) is 43.1 Å². The zero-order valence-electron chi connectivity index (χ0n) is 8.56. The van der Waals surface area contributed by atoms with Gasteiger partial charge in [-0.1, -0.05) is 17.9 Å². The highest BCUT2D eigenvalue weighted by Crippen LogP contribution is 2.23. The standard InChI is InChI=1S/C13H15N/c1-14-9-3-2-4-11-5-6-12-7-8-13(12)10-11/h5-6,10,14H,3,7-9H2,1H3. The van der Waals surface area contributed by atoms with Crippen LogP contribution in [0.15, 0.2) is 18.2 Å². The minimum Gasteiger partial charge on any atom is -0.319 e. The molecule has 0 saturated heterocycles. The van der Waals surface area contributed by atoms with Crippen LogP contribution in [0.1, 0.15) is 23.1 Å². The maximum atomic E-state index is 3.19. The van der Waals surface area contributed by atoms with E-state index in [0.717, 1.165) is 13.0 Å². The van der Waals surface area contributed by atoms with Crippen LogP contribution < -0.4 is 5.32 Å². The van der Waals surface area contributed by atoms with E-state index in [1.165, 1.54) is 29.5 Å². The van der Waals surface area contributed by atoms with Crippen LogP contribution in [0.4, 0.5) is 0 Å². The van der Waals surface area contributed by atoms with Gasteiger partial charge in [-0.3, -0.25) is 0 Å². The van der Waals surface area contributed by atoms with Crippen molar-refractivity contribution in [1.82, 2.24) is 5.32 Å². The highest BCUT2D eigenvalue weighted by Gasteiger charge is 2.11. The second-order valence-electron chi connectivity index (χ2n) is 3.64. The molecule has 1 aromatic rings. The Balaban J connectivity index is 2.01. The molecular weight excluding hydrogens is 170 g/mol. The smallest absolute Gasteiger partial charge is 0.0248 e. The molecule has 14 heavy (non-hydrogen) atoms. The largest absolute Gasteiger partial charge is 0.319 e. The van der Waals surface area contributed by atoms with Crippen LogP contribution in [0.25, 0.3) is 0 Å². The van der Waals surface area contributed by atoms with Gasteiger partial charge in [-0.15, -0.1) is 0 Å². The van der Waals surface area contributed by atoms with Gasteiger partial charge in [0.1, 0.15) is 0 Å². The van der Waals surface area contributed by atoms with Crippen LogP contribution >= 0.6 is 0 Å². The molecular formula is C13H15N. The van der Waals surface area contributed by atoms with Gasteiger partial charge < -0.3 is 5.32 Å². The van der Waals surface area contributed by atoms with Crippen molar-refractivity contribution < 1.29 is 0 Å². The van der Waals surface area contributed by atoms with E-state index in [-0.39, 0.29) is 0 Å². The summed E-state index contributed by atoms with van der Waals surface area (Å²) < 4.78 is 0. The number of aryl methyl sites for hydroxylation is 2. The van der Waals surface area contributed by atoms with Crippen LogP contribution in [0.2, 0.25) is 0 Å². The van der Waals surface area contributed by atoms with Gasteiger partial charge in [-0.2, -0.15) is 0 Å². The van der Waals surface area contributed by atoms with E-state index in [1.807, 2.05) is 7.05 Å². The predicted molar refractivity (Wildman–Crippen MR) is 59.3 cm³/mol. The molecule has 1 heteroatoms. The molecule has 0 amide bonds. The Morgan fingerprint density at radius 2 is 2.14 bits per heavy atom. The highest BCUT2D eigenvalue weighted by molar-refractivity contribution is 5.44. The Hall–Kier alpha value is -1.26. The van der Waals surface area contributed by atoms with Gasteiger partial charge in [0.2, 0.25) is 0 Å². The van der Waals surface area contributed by atoms with E-state index >= 15 is 0 Å². The summed E-state index contributed by atoms with van der Waals surface area (Å²) in [6.45, 7) is 0.970. The van der Waals surface area contributed by atoms with Crippen molar-refractivity contribution in [1.29, 1.82) is 0 Å². The van der Waals surface area contributed by atoms with Gasteiger partial charge in [0.25, 0.3) is 0 Å². The Labute approximate surface area is 85.5 Å². The number of hydrogen-bond donors (Lipinski definition) is 1. The molecule has 1 aliphatic rings. The third-order valence-electron chi connectivity index (χ3n) is 2.60. The highest BCUT2D eigenvalue weighted by atomic mass is 14.8. The Morgan fingerprint density at radius 1 is 1.29 bits per heavy atom. The summed E-state index contributed by atoms with van der Waals surface area (Å²) >= 11 is 0. The third kappa shape index (κ3) is 1.97. The van der Waals surface area contributed by atoms with E-state index < -0.39 is 0 Å². The van der Waals surface area contributed by atoms with Gasteiger partial charge in [-0.25, -0.2) is 0 Å². The molecule has 0 aromatic heterocycles. The summed E-state index contributed by atoms with van der Waals surface area (Å²) in [4.78, 5) is 0. The quantitative estimate of drug-likeness (QED) is 0.546. The van der Waals surface area contributed by atoms with Crippen molar-refractivity contribution >= 4 is 0 Å². The maximum absolute atomic E-state index is 3.19. The topological polar surface area (TPSA) is 12.0 Å². The summed E-state index contributed by atoms with van der Waals surface area (Å²) in [6.07, 6.45) is 3.41. The van der Waals surface area contributed by atoms with Crippen molar-refractivity contribution in [3.63, 3.8) is 0 Å². The van der Waals surface area contributed by atoms with Crippen molar-refractivity contribution in [2.24, 2.45) is 0 Å². The lowest BCUT2D eigenvalue weighted by Gasteiger charge is -2.17. The Kier molecular flexibility index (Phi) is 2.86. The monoisotopic (exact) mass is 185 g/mol. The van der Waals surface area contributed by atoms with Gasteiger partial charge >= 0.3 is 0 Å². The summed E-state index contributed by atoms with van der Waals surface area (Å²) in [5.74, 6) is 6.35. The van der Waals surface area contributed by atoms with E-state index in [4.69, 9.17) is 0 Å². The van der Waals surface area contributed by atoms with Crippen LogP contribution in [-0.4, -0.2) is 13.6 Å². The molecule has 0 atom stereocenters. The molecule has 0 fully saturated rings. The minimum absolute atomic E-state index is 0.924. The fraction of sp³-hybridized carbons (Fsp3) is 0.385. The van der Waals surface area contributed by atoms with Crippen LogP contribution in [0, 0.1) is 11.8 Å². The van der Waals surface area contributed by atoms with E-state index in [1.54, 1.807) is 0 Å². The number of hydrogen-bond acceptors (Lipinski definition) is 1. The lowest BCUT2D eigenvalue weighted by molar-refractivity contribution is 0.818. The Bertz CT molecular complexity index is 382. The summed E-state index contributed by atoms with van der Waals surface area (Å²) in [6, 6.07) is 6.57. The van der Waals surface area contributed by atoms with Crippen molar-refractivity contribution in [3.05, 3.63) is 34.9 Å². The van der Waals surface area contributed by atoms with Crippen molar-refractivity contribution in [2.75, 3.05) is 13.6 Å². The summed E-state index contributed by atoms with van der Waals surface area (Å²) in [5.41, 5.74) is 4.16. The molecule has 0 bridgehead atoms. The van der Waals surface area contributed by atoms with E-state index in [0.29, 0.717) is 0 Å². The zero-order valence-corrected chi connectivity index (χ0v) is 8.56. The molecule has 1 aliphatic carbocycles. The first-order valence-electron chi connectivity index (χ1n) is 5.15. The molecule has 1 nitrogen and oxygen atoms in total. The normalized spacial score (nSPS) is 12.4. The summed E-state index contributed by atoms with van der Waals surface area (Å²) in [7, 11) is 1.95. The van der Waals surface area contributed by atoms with Crippen LogP contribution in [0.5, 0.6) is 0 Å². The molecule has 0 spiro atoms. The summed E-state index contributed by atoms with van der Waals surface area (Å²) in [5, 5.41) is 3.08. The number of nitrogens with one attached hydrogen (secondary N) is 1. The molecule has 0 unspecified atom stereocenters. The minimum atomic E-state index is 0.924. The molecule has 0 aliphatic heterocycles. The predicted octanol–water partition coefficient (Wildman–Crippen LogP) is 1.75. The Morgan fingerprint density at radius 3 is 2.79 bits per heavy atom. The number of rotatable bonds is 2. The van der Waals surface area contributed by atoms with Crippen LogP contribution in [0.3, 0.4) is 0 Å². The van der Waals surface area contributed by atoms with Crippen molar-refractivity contribution in [3.8, 4) is 11.8 Å². The first kappa shape index (κ1) is 9.30. The number of benzene rings is 1. The second kappa shape index (κ2) is 4.30. The zero-order chi connectivity index (χ0) is 9.80. The van der Waals surface area contributed by atoms with Crippen molar-refractivity contribution in [2.45, 2.75) is 19.3 Å². The second-order valence-corrected chi connectivity index (χ2v) is 3.64. The SMILES string of the molecule is CNCCC#Cc1ccc2c(c1)CC2. The molecule has 0 saturated carbocycles. The fourth-order valence-corrected chi connectivity index (χ4v) is 1.62. The maximum Gasteiger partial charge on any atom is 0.0248 e. The molecule has 2 rings (SSSR count). The average Bonchev–Trinajstić information content (AvgIpc) is 2.16. The lowest BCUT2D eigenvalue weighted by atomic mass is 9.87. The number of fused-ring (bicyclic) bond motifs is 1. The molecule has 0 radical (unpaired) electrons. The first-order chi connectivity index (χ1) is 6.90. The first-order valence-corrected chi connectivity index (χ1v) is 5.15. The molecule has 0 heterocycles. The average molecular weight is 185 g/mol. The molecule has 1 aromatic carbocycles. The van der Waals surface area contributed by atoms with Gasteiger partial charge in [0.15, 0.2) is 0 Å².